The van der Waals surface area contributed by atoms with Crippen molar-refractivity contribution in [2.75, 3.05) is 21.3 Å². The average Bonchev–Trinajstić information content (AvgIpc) is 2.42. The molecule has 1 rings (SSSR count). The van der Waals surface area contributed by atoms with Crippen LogP contribution in [0, 0.1) is 5.41 Å². The molecule has 0 aliphatic rings. The summed E-state index contributed by atoms with van der Waals surface area (Å²) in [4.78, 5) is 0. The van der Waals surface area contributed by atoms with Crippen LogP contribution >= 0.6 is 0 Å². The van der Waals surface area contributed by atoms with E-state index in [0.29, 0.717) is 17.2 Å². The second-order valence-electron chi connectivity index (χ2n) is 6.04. The molecule has 1 aromatic carbocycles. The van der Waals surface area contributed by atoms with Gasteiger partial charge in [0.05, 0.1) is 21.3 Å². The van der Waals surface area contributed by atoms with Gasteiger partial charge in [-0.25, -0.2) is 0 Å². The lowest BCUT2D eigenvalue weighted by Crippen LogP contribution is -2.35. The molecule has 0 saturated heterocycles. The molecule has 0 spiro atoms. The van der Waals surface area contributed by atoms with Crippen molar-refractivity contribution in [3.8, 4) is 17.2 Å². The molecule has 2 N–H and O–H groups in total. The average molecular weight is 281 g/mol. The predicted octanol–water partition coefficient (Wildman–Crippen LogP) is 3.02. The maximum Gasteiger partial charge on any atom is 0.203 e. The first kappa shape index (κ1) is 16.6. The van der Waals surface area contributed by atoms with Gasteiger partial charge in [0.2, 0.25) is 5.75 Å². The van der Waals surface area contributed by atoms with E-state index in [4.69, 9.17) is 19.9 Å². The minimum Gasteiger partial charge on any atom is -0.493 e. The van der Waals surface area contributed by atoms with Gasteiger partial charge in [-0.1, -0.05) is 20.8 Å². The number of hydrogen-bond donors (Lipinski definition) is 1. The highest BCUT2D eigenvalue weighted by molar-refractivity contribution is 5.53. The summed E-state index contributed by atoms with van der Waals surface area (Å²) in [5.74, 6) is 2.00. The van der Waals surface area contributed by atoms with Crippen LogP contribution in [0.2, 0.25) is 0 Å². The van der Waals surface area contributed by atoms with E-state index in [0.717, 1.165) is 18.4 Å². The predicted molar refractivity (Wildman–Crippen MR) is 81.8 cm³/mol. The van der Waals surface area contributed by atoms with Crippen LogP contribution in [0.5, 0.6) is 17.2 Å². The van der Waals surface area contributed by atoms with E-state index in [2.05, 4.69) is 20.8 Å². The smallest absolute Gasteiger partial charge is 0.203 e. The van der Waals surface area contributed by atoms with Crippen molar-refractivity contribution in [3.63, 3.8) is 0 Å². The Kier molecular flexibility index (Phi) is 5.69. The van der Waals surface area contributed by atoms with E-state index in [1.807, 2.05) is 12.1 Å². The van der Waals surface area contributed by atoms with Gasteiger partial charge in [-0.2, -0.15) is 0 Å². The van der Waals surface area contributed by atoms with E-state index >= 15 is 0 Å². The van der Waals surface area contributed by atoms with Gasteiger partial charge in [-0.15, -0.1) is 0 Å². The molecule has 1 unspecified atom stereocenters. The Bertz CT molecular complexity index is 413. The van der Waals surface area contributed by atoms with Gasteiger partial charge in [0.25, 0.3) is 0 Å². The lowest BCUT2D eigenvalue weighted by molar-refractivity contribution is 0.305. The van der Waals surface area contributed by atoms with Crippen LogP contribution in [0.25, 0.3) is 0 Å². The lowest BCUT2D eigenvalue weighted by Gasteiger charge is -2.27. The normalized spacial score (nSPS) is 12.9. The summed E-state index contributed by atoms with van der Waals surface area (Å²) in [6.07, 6.45) is 1.80. The van der Waals surface area contributed by atoms with Crippen LogP contribution in [-0.2, 0) is 6.42 Å². The monoisotopic (exact) mass is 281 g/mol. The molecule has 1 atom stereocenters. The molecular formula is C16H27NO3. The molecule has 0 fully saturated rings. The molecule has 0 aliphatic heterocycles. The first-order valence-corrected chi connectivity index (χ1v) is 6.88. The van der Waals surface area contributed by atoms with Gasteiger partial charge in [0, 0.05) is 6.04 Å². The van der Waals surface area contributed by atoms with Crippen molar-refractivity contribution in [1.82, 2.24) is 0 Å². The van der Waals surface area contributed by atoms with Crippen molar-refractivity contribution in [1.29, 1.82) is 0 Å². The molecule has 0 bridgehead atoms. The minimum absolute atomic E-state index is 0.112. The van der Waals surface area contributed by atoms with E-state index in [-0.39, 0.29) is 11.5 Å². The molecule has 4 nitrogen and oxygen atoms in total. The fraction of sp³-hybridized carbons (Fsp3) is 0.625. The minimum atomic E-state index is 0.112. The van der Waals surface area contributed by atoms with Crippen LogP contribution in [0.4, 0.5) is 0 Å². The van der Waals surface area contributed by atoms with E-state index in [1.165, 1.54) is 0 Å². The number of nitrogens with two attached hydrogens (primary N) is 1. The van der Waals surface area contributed by atoms with Crippen molar-refractivity contribution < 1.29 is 14.2 Å². The number of benzene rings is 1. The Morgan fingerprint density at radius 1 is 1.00 bits per heavy atom. The summed E-state index contributed by atoms with van der Waals surface area (Å²) in [5, 5.41) is 0. The zero-order valence-corrected chi connectivity index (χ0v) is 13.4. The lowest BCUT2D eigenvalue weighted by atomic mass is 9.84. The SMILES string of the molecule is COc1cc(CCC(N)C(C)(C)C)cc(OC)c1OC. The van der Waals surface area contributed by atoms with Crippen molar-refractivity contribution >= 4 is 0 Å². The molecule has 4 heteroatoms. The fourth-order valence-corrected chi connectivity index (χ4v) is 2.03. The third-order valence-electron chi connectivity index (χ3n) is 3.58. The molecule has 0 aliphatic carbocycles. The summed E-state index contributed by atoms with van der Waals surface area (Å²) in [5.41, 5.74) is 7.46. The topological polar surface area (TPSA) is 53.7 Å². The van der Waals surface area contributed by atoms with Gasteiger partial charge in [-0.05, 0) is 36.0 Å². The van der Waals surface area contributed by atoms with Crippen molar-refractivity contribution in [2.24, 2.45) is 11.1 Å². The molecule has 114 valence electrons. The number of rotatable bonds is 6. The Hall–Kier alpha value is -1.42. The standard InChI is InChI=1S/C16H27NO3/c1-16(2,3)14(17)8-7-11-9-12(18-4)15(20-6)13(10-11)19-5/h9-10,14H,7-8,17H2,1-6H3. The second-order valence-corrected chi connectivity index (χ2v) is 6.04. The number of methoxy groups -OCH3 is 3. The summed E-state index contributed by atoms with van der Waals surface area (Å²) in [6.45, 7) is 6.48. The number of aryl methyl sites for hydroxylation is 1. The highest BCUT2D eigenvalue weighted by Gasteiger charge is 2.21. The van der Waals surface area contributed by atoms with Gasteiger partial charge in [0.1, 0.15) is 0 Å². The highest BCUT2D eigenvalue weighted by Crippen LogP contribution is 2.38. The summed E-state index contributed by atoms with van der Waals surface area (Å²) < 4.78 is 16.0. The van der Waals surface area contributed by atoms with Crippen LogP contribution < -0.4 is 19.9 Å². The third kappa shape index (κ3) is 4.04. The van der Waals surface area contributed by atoms with Gasteiger partial charge in [0.15, 0.2) is 11.5 Å². The molecule has 0 heterocycles. The summed E-state index contributed by atoms with van der Waals surface area (Å²) in [6, 6.07) is 4.12. The molecule has 0 radical (unpaired) electrons. The zero-order chi connectivity index (χ0) is 15.3. The molecule has 0 amide bonds. The highest BCUT2D eigenvalue weighted by atomic mass is 16.5. The Balaban J connectivity index is 2.91. The molecule has 0 saturated carbocycles. The Morgan fingerprint density at radius 2 is 1.50 bits per heavy atom. The van der Waals surface area contributed by atoms with Crippen molar-refractivity contribution in [2.45, 2.75) is 39.7 Å². The fourth-order valence-electron chi connectivity index (χ4n) is 2.03. The van der Waals surface area contributed by atoms with E-state index in [9.17, 15) is 0 Å². The quantitative estimate of drug-likeness (QED) is 0.871. The van der Waals surface area contributed by atoms with E-state index in [1.54, 1.807) is 21.3 Å². The third-order valence-corrected chi connectivity index (χ3v) is 3.58. The van der Waals surface area contributed by atoms with Gasteiger partial charge in [-0.3, -0.25) is 0 Å². The number of hydrogen-bond acceptors (Lipinski definition) is 4. The first-order chi connectivity index (χ1) is 9.33. The molecular weight excluding hydrogens is 254 g/mol. The van der Waals surface area contributed by atoms with Gasteiger partial charge < -0.3 is 19.9 Å². The first-order valence-electron chi connectivity index (χ1n) is 6.88. The summed E-state index contributed by atoms with van der Waals surface area (Å²) >= 11 is 0. The van der Waals surface area contributed by atoms with Gasteiger partial charge >= 0.3 is 0 Å². The molecule has 0 aromatic heterocycles. The zero-order valence-electron chi connectivity index (χ0n) is 13.4. The van der Waals surface area contributed by atoms with E-state index < -0.39 is 0 Å². The van der Waals surface area contributed by atoms with Crippen molar-refractivity contribution in [3.05, 3.63) is 17.7 Å². The largest absolute Gasteiger partial charge is 0.493 e. The molecule has 1 aromatic rings. The Labute approximate surface area is 122 Å². The van der Waals surface area contributed by atoms with Crippen LogP contribution in [0.3, 0.4) is 0 Å². The summed E-state index contributed by atoms with van der Waals surface area (Å²) in [7, 11) is 4.86. The maximum atomic E-state index is 6.21. The Morgan fingerprint density at radius 3 is 1.85 bits per heavy atom. The molecule has 20 heavy (non-hydrogen) atoms. The second kappa shape index (κ2) is 6.84. The maximum absolute atomic E-state index is 6.21. The van der Waals surface area contributed by atoms with Crippen LogP contribution in [0.1, 0.15) is 32.8 Å². The van der Waals surface area contributed by atoms with Crippen LogP contribution in [-0.4, -0.2) is 27.4 Å². The van der Waals surface area contributed by atoms with Crippen LogP contribution in [0.15, 0.2) is 12.1 Å². The number of ether oxygens (including phenoxy) is 3.